The summed E-state index contributed by atoms with van der Waals surface area (Å²) in [7, 11) is 0. The first-order chi connectivity index (χ1) is 12.8. The van der Waals surface area contributed by atoms with Crippen LogP contribution in [-0.2, 0) is 11.2 Å². The summed E-state index contributed by atoms with van der Waals surface area (Å²) in [4.78, 5) is 10.8. The molecular formula is C20H13Cl2FO4. The second kappa shape index (κ2) is 7.86. The monoisotopic (exact) mass is 406 g/mol. The number of hydrogen-bond acceptors (Lipinski definition) is 3. The molecule has 0 atom stereocenters. The molecule has 0 saturated heterocycles. The van der Waals surface area contributed by atoms with E-state index in [2.05, 4.69) is 0 Å². The maximum absolute atomic E-state index is 13.1. The highest BCUT2D eigenvalue weighted by Crippen LogP contribution is 2.40. The molecule has 0 bridgehead atoms. The molecule has 138 valence electrons. The highest BCUT2D eigenvalue weighted by Gasteiger charge is 2.14. The maximum atomic E-state index is 13.1. The molecule has 0 aliphatic heterocycles. The molecule has 0 saturated carbocycles. The predicted octanol–water partition coefficient (Wildman–Crippen LogP) is 5.92. The average molecular weight is 407 g/mol. The number of carboxylic acids is 1. The van der Waals surface area contributed by atoms with Gasteiger partial charge in [-0.25, -0.2) is 4.39 Å². The van der Waals surface area contributed by atoms with Gasteiger partial charge in [-0.15, -0.1) is 0 Å². The molecule has 0 aromatic heterocycles. The fourth-order valence-corrected chi connectivity index (χ4v) is 3.15. The topological polar surface area (TPSA) is 66.8 Å². The van der Waals surface area contributed by atoms with E-state index in [4.69, 9.17) is 33.0 Å². The first-order valence-electron chi connectivity index (χ1n) is 7.80. The third-order valence-electron chi connectivity index (χ3n) is 3.76. The number of rotatable bonds is 5. The second-order valence-corrected chi connectivity index (χ2v) is 6.56. The summed E-state index contributed by atoms with van der Waals surface area (Å²) >= 11 is 12.4. The van der Waals surface area contributed by atoms with Gasteiger partial charge in [0.05, 0.1) is 16.5 Å². The van der Waals surface area contributed by atoms with Crippen LogP contribution < -0.4 is 4.74 Å². The van der Waals surface area contributed by atoms with Crippen LogP contribution in [0.4, 0.5) is 4.39 Å². The predicted molar refractivity (Wildman–Crippen MR) is 101 cm³/mol. The van der Waals surface area contributed by atoms with Crippen LogP contribution in [0.1, 0.15) is 5.56 Å². The van der Waals surface area contributed by atoms with Crippen molar-refractivity contribution in [2.45, 2.75) is 6.42 Å². The Bertz CT molecular complexity index is 980. The van der Waals surface area contributed by atoms with E-state index in [1.54, 1.807) is 6.07 Å². The van der Waals surface area contributed by atoms with Gasteiger partial charge in [0.25, 0.3) is 0 Å². The van der Waals surface area contributed by atoms with E-state index in [1.807, 2.05) is 0 Å². The van der Waals surface area contributed by atoms with Gasteiger partial charge in [-0.1, -0.05) is 35.3 Å². The Balaban J connectivity index is 1.93. The van der Waals surface area contributed by atoms with E-state index < -0.39 is 5.97 Å². The van der Waals surface area contributed by atoms with Gasteiger partial charge in [0.15, 0.2) is 5.75 Å². The Kier molecular flexibility index (Phi) is 5.54. The number of aliphatic carboxylic acids is 1. The Labute approximate surface area is 164 Å². The smallest absolute Gasteiger partial charge is 0.307 e. The largest absolute Gasteiger partial charge is 0.507 e. The van der Waals surface area contributed by atoms with Crippen LogP contribution in [0.15, 0.2) is 54.6 Å². The number of carboxylic acid groups (broad SMARTS) is 1. The number of phenols is 1. The normalized spacial score (nSPS) is 10.6. The molecule has 0 aliphatic rings. The summed E-state index contributed by atoms with van der Waals surface area (Å²) in [5.74, 6) is -0.864. The standard InChI is InChI=1S/C20H13Cl2FO4/c21-16-7-11(9-19(25)26)8-17(22)20(16)27-14-5-6-18(24)15(10-14)12-1-3-13(23)4-2-12/h1-8,10,24H,9H2,(H,25,26). The molecule has 0 aliphatic carbocycles. The van der Waals surface area contributed by atoms with Crippen molar-refractivity contribution in [3.05, 3.63) is 76.0 Å². The lowest BCUT2D eigenvalue weighted by molar-refractivity contribution is -0.136. The summed E-state index contributed by atoms with van der Waals surface area (Å²) in [6, 6.07) is 13.1. The highest BCUT2D eigenvalue weighted by atomic mass is 35.5. The SMILES string of the molecule is O=C(O)Cc1cc(Cl)c(Oc2ccc(O)c(-c3ccc(F)cc3)c2)c(Cl)c1. The van der Waals surface area contributed by atoms with Crippen molar-refractivity contribution in [1.29, 1.82) is 0 Å². The minimum Gasteiger partial charge on any atom is -0.507 e. The van der Waals surface area contributed by atoms with Crippen LogP contribution in [-0.4, -0.2) is 16.2 Å². The molecular weight excluding hydrogens is 394 g/mol. The van der Waals surface area contributed by atoms with Gasteiger partial charge in [0.2, 0.25) is 0 Å². The van der Waals surface area contributed by atoms with Crippen LogP contribution in [0, 0.1) is 5.82 Å². The molecule has 2 N–H and O–H groups in total. The molecule has 7 heteroatoms. The van der Waals surface area contributed by atoms with Crippen molar-refractivity contribution in [1.82, 2.24) is 0 Å². The van der Waals surface area contributed by atoms with Crippen molar-refractivity contribution in [2.75, 3.05) is 0 Å². The van der Waals surface area contributed by atoms with Crippen molar-refractivity contribution in [3.63, 3.8) is 0 Å². The van der Waals surface area contributed by atoms with E-state index in [-0.39, 0.29) is 33.8 Å². The van der Waals surface area contributed by atoms with Gasteiger partial charge in [0.1, 0.15) is 17.3 Å². The fourth-order valence-electron chi connectivity index (χ4n) is 2.54. The minimum absolute atomic E-state index is 0.00274. The zero-order valence-corrected chi connectivity index (χ0v) is 15.3. The molecule has 0 unspecified atom stereocenters. The van der Waals surface area contributed by atoms with E-state index in [0.29, 0.717) is 22.4 Å². The number of benzene rings is 3. The fraction of sp³-hybridized carbons (Fsp3) is 0.0500. The lowest BCUT2D eigenvalue weighted by Gasteiger charge is -2.13. The number of halogens is 3. The van der Waals surface area contributed by atoms with Gasteiger partial charge in [0, 0.05) is 5.56 Å². The van der Waals surface area contributed by atoms with Crippen molar-refractivity contribution >= 4 is 29.2 Å². The number of ether oxygens (including phenoxy) is 1. The Morgan fingerprint density at radius 3 is 2.22 bits per heavy atom. The molecule has 0 spiro atoms. The van der Waals surface area contributed by atoms with Crippen molar-refractivity contribution in [2.24, 2.45) is 0 Å². The third-order valence-corrected chi connectivity index (χ3v) is 4.32. The quantitative estimate of drug-likeness (QED) is 0.551. The van der Waals surface area contributed by atoms with Crippen LogP contribution in [0.5, 0.6) is 17.2 Å². The summed E-state index contributed by atoms with van der Waals surface area (Å²) in [5.41, 5.74) is 1.50. The average Bonchev–Trinajstić information content (AvgIpc) is 2.60. The molecule has 0 fully saturated rings. The molecule has 3 rings (SSSR count). The highest BCUT2D eigenvalue weighted by molar-refractivity contribution is 6.37. The number of carbonyl (C=O) groups is 1. The number of phenolic OH excluding ortho intramolecular Hbond substituents is 1. The summed E-state index contributed by atoms with van der Waals surface area (Å²) in [6.07, 6.45) is -0.215. The van der Waals surface area contributed by atoms with Crippen LogP contribution in [0.25, 0.3) is 11.1 Å². The molecule has 4 nitrogen and oxygen atoms in total. The lowest BCUT2D eigenvalue weighted by Crippen LogP contribution is -2.00. The van der Waals surface area contributed by atoms with E-state index in [0.717, 1.165) is 0 Å². The number of aromatic hydroxyl groups is 1. The first kappa shape index (κ1) is 19.0. The van der Waals surface area contributed by atoms with Gasteiger partial charge in [-0.2, -0.15) is 0 Å². The van der Waals surface area contributed by atoms with E-state index in [1.165, 1.54) is 48.5 Å². The van der Waals surface area contributed by atoms with Crippen LogP contribution in [0.2, 0.25) is 10.0 Å². The van der Waals surface area contributed by atoms with Gasteiger partial charge in [-0.05, 0) is 53.6 Å². The Morgan fingerprint density at radius 2 is 1.63 bits per heavy atom. The molecule has 3 aromatic rings. The Morgan fingerprint density at radius 1 is 1.00 bits per heavy atom. The van der Waals surface area contributed by atoms with E-state index >= 15 is 0 Å². The Hall–Kier alpha value is -2.76. The molecule has 0 radical (unpaired) electrons. The van der Waals surface area contributed by atoms with Gasteiger partial charge in [-0.3, -0.25) is 4.79 Å². The van der Waals surface area contributed by atoms with Gasteiger partial charge < -0.3 is 14.9 Å². The second-order valence-electron chi connectivity index (χ2n) is 5.75. The zero-order chi connectivity index (χ0) is 19.6. The summed E-state index contributed by atoms with van der Waals surface area (Å²) in [6.45, 7) is 0. The van der Waals surface area contributed by atoms with Crippen LogP contribution >= 0.6 is 23.2 Å². The van der Waals surface area contributed by atoms with Gasteiger partial charge >= 0.3 is 5.97 Å². The molecule has 0 heterocycles. The molecule has 0 amide bonds. The number of hydrogen-bond donors (Lipinski definition) is 2. The van der Waals surface area contributed by atoms with Crippen LogP contribution in [0.3, 0.4) is 0 Å². The minimum atomic E-state index is -1.00. The van der Waals surface area contributed by atoms with E-state index in [9.17, 15) is 14.3 Å². The third kappa shape index (κ3) is 4.51. The molecule has 3 aromatic carbocycles. The van der Waals surface area contributed by atoms with Crippen molar-refractivity contribution in [3.8, 4) is 28.4 Å². The summed E-state index contributed by atoms with van der Waals surface area (Å²) < 4.78 is 18.9. The summed E-state index contributed by atoms with van der Waals surface area (Å²) in [5, 5.41) is 19.3. The molecule has 27 heavy (non-hydrogen) atoms. The maximum Gasteiger partial charge on any atom is 0.307 e. The lowest BCUT2D eigenvalue weighted by atomic mass is 10.0. The first-order valence-corrected chi connectivity index (χ1v) is 8.55. The zero-order valence-electron chi connectivity index (χ0n) is 13.7. The van der Waals surface area contributed by atoms with Crippen molar-refractivity contribution < 1.29 is 24.1 Å².